The van der Waals surface area contributed by atoms with Crippen LogP contribution in [0.4, 0.5) is 0 Å². The Morgan fingerprint density at radius 1 is 1.35 bits per heavy atom. The molecule has 0 N–H and O–H groups in total. The molecule has 3 nitrogen and oxygen atoms in total. The van der Waals surface area contributed by atoms with Gasteiger partial charge in [-0.2, -0.15) is 0 Å². The predicted octanol–water partition coefficient (Wildman–Crippen LogP) is 3.45. The molecule has 17 heavy (non-hydrogen) atoms. The van der Waals surface area contributed by atoms with E-state index in [1.165, 1.54) is 0 Å². The molecule has 0 amide bonds. The summed E-state index contributed by atoms with van der Waals surface area (Å²) in [6.45, 7) is 5.71. The third-order valence-corrected chi connectivity index (χ3v) is 2.95. The summed E-state index contributed by atoms with van der Waals surface area (Å²) in [6, 6.07) is 5.37. The van der Waals surface area contributed by atoms with Crippen molar-refractivity contribution in [3.63, 3.8) is 0 Å². The molecule has 0 aliphatic rings. The summed E-state index contributed by atoms with van der Waals surface area (Å²) < 4.78 is 11.3. The largest absolute Gasteiger partial charge is 0.497 e. The van der Waals surface area contributed by atoms with Crippen molar-refractivity contribution in [1.82, 2.24) is 0 Å². The van der Waals surface area contributed by atoms with Gasteiger partial charge >= 0.3 is 0 Å². The first-order valence-electron chi connectivity index (χ1n) is 5.34. The highest BCUT2D eigenvalue weighted by atomic mass is 79.9. The number of hydrogen-bond donors (Lipinski definition) is 0. The molecule has 0 heterocycles. The number of carbonyl (C=O) groups excluding carboxylic acids is 1. The van der Waals surface area contributed by atoms with E-state index in [1.54, 1.807) is 25.3 Å². The molecule has 4 heteroatoms. The molecule has 0 fully saturated rings. The second-order valence-corrected chi connectivity index (χ2v) is 5.61. The van der Waals surface area contributed by atoms with Crippen LogP contribution in [0.1, 0.15) is 20.8 Å². The van der Waals surface area contributed by atoms with Crippen LogP contribution < -0.4 is 9.47 Å². The fourth-order valence-corrected chi connectivity index (χ4v) is 1.56. The second-order valence-electron chi connectivity index (χ2n) is 4.76. The van der Waals surface area contributed by atoms with Crippen LogP contribution in [0.15, 0.2) is 22.7 Å². The first kappa shape index (κ1) is 14.0. The van der Waals surface area contributed by atoms with E-state index in [4.69, 9.17) is 9.47 Å². The fourth-order valence-electron chi connectivity index (χ4n) is 1.09. The smallest absolute Gasteiger partial charge is 0.175 e. The summed E-state index contributed by atoms with van der Waals surface area (Å²) in [6.07, 6.45) is 0. The zero-order valence-corrected chi connectivity index (χ0v) is 12.1. The zero-order chi connectivity index (χ0) is 13.1. The van der Waals surface area contributed by atoms with Gasteiger partial charge in [0.25, 0.3) is 0 Å². The molecular formula is C13H17BrO3. The maximum Gasteiger partial charge on any atom is 0.175 e. The van der Waals surface area contributed by atoms with Gasteiger partial charge in [-0.15, -0.1) is 0 Å². The summed E-state index contributed by atoms with van der Waals surface area (Å²) >= 11 is 3.37. The molecule has 0 spiro atoms. The van der Waals surface area contributed by atoms with Gasteiger partial charge < -0.3 is 9.47 Å². The molecule has 94 valence electrons. The van der Waals surface area contributed by atoms with Crippen molar-refractivity contribution in [3.8, 4) is 11.5 Å². The molecule has 0 aliphatic heterocycles. The maximum atomic E-state index is 11.7. The minimum absolute atomic E-state index is 0.0696. The summed E-state index contributed by atoms with van der Waals surface area (Å²) in [5, 5.41) is 0. The van der Waals surface area contributed by atoms with Crippen LogP contribution in [0.25, 0.3) is 0 Å². The zero-order valence-electron chi connectivity index (χ0n) is 10.5. The normalized spacial score (nSPS) is 11.1. The van der Waals surface area contributed by atoms with E-state index in [0.717, 1.165) is 10.2 Å². The van der Waals surface area contributed by atoms with E-state index in [2.05, 4.69) is 15.9 Å². The summed E-state index contributed by atoms with van der Waals surface area (Å²) in [5.41, 5.74) is -0.376. The number of benzene rings is 1. The first-order valence-corrected chi connectivity index (χ1v) is 6.13. The first-order chi connectivity index (χ1) is 7.84. The van der Waals surface area contributed by atoms with Crippen LogP contribution in [-0.2, 0) is 4.79 Å². The summed E-state index contributed by atoms with van der Waals surface area (Å²) in [5.74, 6) is 1.45. The van der Waals surface area contributed by atoms with Crippen molar-refractivity contribution in [2.45, 2.75) is 20.8 Å². The molecule has 0 saturated carbocycles. The molecule has 0 bridgehead atoms. The number of ether oxygens (including phenoxy) is 2. The van der Waals surface area contributed by atoms with Gasteiger partial charge in [0.15, 0.2) is 5.78 Å². The SMILES string of the molecule is COc1ccc(OCC(=O)C(C)(C)C)c(Br)c1. The molecule has 1 aromatic rings. The van der Waals surface area contributed by atoms with Crippen molar-refractivity contribution < 1.29 is 14.3 Å². The highest BCUT2D eigenvalue weighted by Crippen LogP contribution is 2.29. The van der Waals surface area contributed by atoms with Crippen LogP contribution in [0.2, 0.25) is 0 Å². The maximum absolute atomic E-state index is 11.7. The summed E-state index contributed by atoms with van der Waals surface area (Å²) in [4.78, 5) is 11.7. The van der Waals surface area contributed by atoms with E-state index in [0.29, 0.717) is 5.75 Å². The third kappa shape index (κ3) is 4.04. The average molecular weight is 301 g/mol. The van der Waals surface area contributed by atoms with E-state index in [1.807, 2.05) is 20.8 Å². The standard InChI is InChI=1S/C13H17BrO3/c1-13(2,3)12(15)8-17-11-6-5-9(16-4)7-10(11)14/h5-7H,8H2,1-4H3. The number of carbonyl (C=O) groups is 1. The van der Waals surface area contributed by atoms with Crippen LogP contribution in [0.3, 0.4) is 0 Å². The molecule has 1 rings (SSSR count). The van der Waals surface area contributed by atoms with E-state index in [-0.39, 0.29) is 17.8 Å². The number of Topliss-reactive ketones (excluding diaryl/α,β-unsaturated/α-hetero) is 1. The number of ketones is 1. The molecule has 1 aromatic carbocycles. The lowest BCUT2D eigenvalue weighted by atomic mass is 9.91. The Morgan fingerprint density at radius 2 is 2.00 bits per heavy atom. The Labute approximate surface area is 110 Å². The van der Waals surface area contributed by atoms with Gasteiger partial charge in [0.2, 0.25) is 0 Å². The summed E-state index contributed by atoms with van der Waals surface area (Å²) in [7, 11) is 1.60. The van der Waals surface area contributed by atoms with Gasteiger partial charge in [-0.25, -0.2) is 0 Å². The van der Waals surface area contributed by atoms with Gasteiger partial charge in [0.1, 0.15) is 18.1 Å². The highest BCUT2D eigenvalue weighted by molar-refractivity contribution is 9.10. The molecule has 0 aliphatic carbocycles. The minimum Gasteiger partial charge on any atom is -0.497 e. The monoisotopic (exact) mass is 300 g/mol. The lowest BCUT2D eigenvalue weighted by Crippen LogP contribution is -2.26. The van der Waals surface area contributed by atoms with Crippen LogP contribution in [0.5, 0.6) is 11.5 Å². The quantitative estimate of drug-likeness (QED) is 0.854. The number of hydrogen-bond acceptors (Lipinski definition) is 3. The van der Waals surface area contributed by atoms with Crippen molar-refractivity contribution >= 4 is 21.7 Å². The molecular weight excluding hydrogens is 284 g/mol. The van der Waals surface area contributed by atoms with E-state index < -0.39 is 0 Å². The molecule has 0 unspecified atom stereocenters. The number of rotatable bonds is 4. The minimum atomic E-state index is -0.376. The molecule has 0 atom stereocenters. The lowest BCUT2D eigenvalue weighted by molar-refractivity contribution is -0.128. The molecule has 0 radical (unpaired) electrons. The van der Waals surface area contributed by atoms with Gasteiger partial charge in [-0.1, -0.05) is 20.8 Å². The van der Waals surface area contributed by atoms with E-state index in [9.17, 15) is 4.79 Å². The fraction of sp³-hybridized carbons (Fsp3) is 0.462. The molecule has 0 saturated heterocycles. The van der Waals surface area contributed by atoms with E-state index >= 15 is 0 Å². The average Bonchev–Trinajstić information content (AvgIpc) is 2.25. The Kier molecular flexibility index (Phi) is 4.57. The Bertz CT molecular complexity index is 408. The lowest BCUT2D eigenvalue weighted by Gasteiger charge is -2.17. The van der Waals surface area contributed by atoms with Crippen molar-refractivity contribution in [2.24, 2.45) is 5.41 Å². The van der Waals surface area contributed by atoms with Crippen LogP contribution in [-0.4, -0.2) is 19.5 Å². The van der Waals surface area contributed by atoms with Crippen molar-refractivity contribution in [2.75, 3.05) is 13.7 Å². The van der Waals surface area contributed by atoms with Gasteiger partial charge in [-0.3, -0.25) is 4.79 Å². The van der Waals surface area contributed by atoms with Crippen LogP contribution >= 0.6 is 15.9 Å². The molecule has 0 aromatic heterocycles. The Morgan fingerprint density at radius 3 is 2.47 bits per heavy atom. The highest BCUT2D eigenvalue weighted by Gasteiger charge is 2.21. The van der Waals surface area contributed by atoms with Gasteiger partial charge in [0, 0.05) is 5.41 Å². The topological polar surface area (TPSA) is 35.5 Å². The number of methoxy groups -OCH3 is 1. The predicted molar refractivity (Wildman–Crippen MR) is 70.7 cm³/mol. The van der Waals surface area contributed by atoms with Gasteiger partial charge in [0.05, 0.1) is 11.6 Å². The second kappa shape index (κ2) is 5.54. The van der Waals surface area contributed by atoms with Crippen LogP contribution in [0, 0.1) is 5.41 Å². The number of halogens is 1. The third-order valence-electron chi connectivity index (χ3n) is 2.33. The Balaban J connectivity index is 2.67. The Hall–Kier alpha value is -1.03. The van der Waals surface area contributed by atoms with Crippen molar-refractivity contribution in [3.05, 3.63) is 22.7 Å². The van der Waals surface area contributed by atoms with Gasteiger partial charge in [-0.05, 0) is 34.1 Å². The van der Waals surface area contributed by atoms with Crippen molar-refractivity contribution in [1.29, 1.82) is 0 Å².